The van der Waals surface area contributed by atoms with Crippen molar-refractivity contribution >= 4 is 0 Å². The lowest BCUT2D eigenvalue weighted by Gasteiger charge is -2.15. The Morgan fingerprint density at radius 2 is 2.11 bits per heavy atom. The molecule has 4 heteroatoms. The molecule has 1 N–H and O–H groups in total. The number of rotatable bonds is 2. The lowest BCUT2D eigenvalue weighted by Crippen LogP contribution is -2.18. The molecule has 1 aromatic rings. The number of nitrogens with zero attached hydrogens (tertiary/aromatic N) is 3. The number of likely N-dealkylation sites (N-methyl/N-ethyl adjacent to an activating group) is 1. The molecule has 18 heavy (non-hydrogen) atoms. The maximum Gasteiger partial charge on any atom is 0.0661 e. The molecule has 2 saturated heterocycles. The van der Waals surface area contributed by atoms with Crippen LogP contribution in [0.4, 0.5) is 0 Å². The summed E-state index contributed by atoms with van der Waals surface area (Å²) in [6.07, 6.45) is 2.50. The van der Waals surface area contributed by atoms with Gasteiger partial charge in [-0.3, -0.25) is 4.68 Å². The zero-order valence-electron chi connectivity index (χ0n) is 11.7. The van der Waals surface area contributed by atoms with Crippen LogP contribution in [0.2, 0.25) is 0 Å². The predicted molar refractivity (Wildman–Crippen MR) is 73.1 cm³/mol. The second-order valence-electron chi connectivity index (χ2n) is 5.92. The molecule has 2 aliphatic rings. The molecule has 2 unspecified atom stereocenters. The van der Waals surface area contributed by atoms with E-state index in [2.05, 4.69) is 35.8 Å². The van der Waals surface area contributed by atoms with Gasteiger partial charge >= 0.3 is 0 Å². The first-order chi connectivity index (χ1) is 8.66. The molecule has 0 aromatic carbocycles. The van der Waals surface area contributed by atoms with E-state index in [1.807, 2.05) is 0 Å². The Morgan fingerprint density at radius 3 is 2.72 bits per heavy atom. The highest BCUT2D eigenvalue weighted by Gasteiger charge is 2.28. The van der Waals surface area contributed by atoms with E-state index in [4.69, 9.17) is 5.10 Å². The molecular weight excluding hydrogens is 224 g/mol. The van der Waals surface area contributed by atoms with Crippen molar-refractivity contribution in [3.8, 4) is 0 Å². The lowest BCUT2D eigenvalue weighted by molar-refractivity contribution is 0.379. The molecule has 2 aliphatic heterocycles. The first-order valence-electron chi connectivity index (χ1n) is 7.11. The minimum atomic E-state index is 0.580. The molecule has 0 amide bonds. The van der Waals surface area contributed by atoms with Gasteiger partial charge in [-0.15, -0.1) is 0 Å². The summed E-state index contributed by atoms with van der Waals surface area (Å²) in [5.74, 6) is 0.679. The summed E-state index contributed by atoms with van der Waals surface area (Å²) in [6.45, 7) is 9.05. The third-order valence-electron chi connectivity index (χ3n) is 4.56. The second-order valence-corrected chi connectivity index (χ2v) is 5.92. The maximum atomic E-state index is 4.83. The molecule has 3 rings (SSSR count). The van der Waals surface area contributed by atoms with Crippen LogP contribution in [-0.4, -0.2) is 47.9 Å². The monoisotopic (exact) mass is 248 g/mol. The van der Waals surface area contributed by atoms with E-state index in [0.29, 0.717) is 12.0 Å². The van der Waals surface area contributed by atoms with E-state index in [9.17, 15) is 0 Å². The second kappa shape index (κ2) is 4.67. The van der Waals surface area contributed by atoms with Crippen LogP contribution in [0.25, 0.3) is 0 Å². The fourth-order valence-corrected chi connectivity index (χ4v) is 3.63. The van der Waals surface area contributed by atoms with E-state index < -0.39 is 0 Å². The summed E-state index contributed by atoms with van der Waals surface area (Å²) in [5, 5.41) is 8.30. The molecular formula is C14H24N4. The van der Waals surface area contributed by atoms with Gasteiger partial charge in [0.25, 0.3) is 0 Å². The van der Waals surface area contributed by atoms with Crippen molar-refractivity contribution in [2.24, 2.45) is 0 Å². The summed E-state index contributed by atoms with van der Waals surface area (Å²) in [5.41, 5.74) is 4.16. The first-order valence-corrected chi connectivity index (χ1v) is 7.11. The fraction of sp³-hybridized carbons (Fsp3) is 0.786. The molecule has 0 aliphatic carbocycles. The quantitative estimate of drug-likeness (QED) is 0.860. The van der Waals surface area contributed by atoms with E-state index in [0.717, 1.165) is 19.6 Å². The highest BCUT2D eigenvalue weighted by molar-refractivity contribution is 5.30. The predicted octanol–water partition coefficient (Wildman–Crippen LogP) is 1.45. The summed E-state index contributed by atoms with van der Waals surface area (Å²) in [4.78, 5) is 2.40. The van der Waals surface area contributed by atoms with Crippen LogP contribution in [0.5, 0.6) is 0 Å². The van der Waals surface area contributed by atoms with Crippen LogP contribution in [0.15, 0.2) is 0 Å². The van der Waals surface area contributed by atoms with Gasteiger partial charge in [0.1, 0.15) is 0 Å². The van der Waals surface area contributed by atoms with Crippen LogP contribution >= 0.6 is 0 Å². The molecule has 0 spiro atoms. The largest absolute Gasteiger partial charge is 0.316 e. The van der Waals surface area contributed by atoms with Crippen molar-refractivity contribution < 1.29 is 0 Å². The molecule has 100 valence electrons. The van der Waals surface area contributed by atoms with E-state index in [1.165, 1.54) is 36.3 Å². The zero-order valence-corrected chi connectivity index (χ0v) is 11.7. The number of aromatic nitrogens is 2. The van der Waals surface area contributed by atoms with Gasteiger partial charge in [0.2, 0.25) is 0 Å². The van der Waals surface area contributed by atoms with E-state index >= 15 is 0 Å². The topological polar surface area (TPSA) is 33.1 Å². The Labute approximate surface area is 109 Å². The molecule has 1 aromatic heterocycles. The Hall–Kier alpha value is -0.870. The van der Waals surface area contributed by atoms with Crippen LogP contribution in [0.3, 0.4) is 0 Å². The third-order valence-corrected chi connectivity index (χ3v) is 4.56. The highest BCUT2D eigenvalue weighted by Crippen LogP contribution is 2.31. The lowest BCUT2D eigenvalue weighted by atomic mass is 9.96. The SMILES string of the molecule is Cc1nn(C2CCN(C)C2)c(C)c1C1CCNC1. The fourth-order valence-electron chi connectivity index (χ4n) is 3.63. The molecule has 2 atom stereocenters. The molecule has 3 heterocycles. The summed E-state index contributed by atoms with van der Waals surface area (Å²) >= 11 is 0. The number of hydrogen-bond acceptors (Lipinski definition) is 3. The van der Waals surface area contributed by atoms with Gasteiger partial charge in [0, 0.05) is 30.3 Å². The van der Waals surface area contributed by atoms with Crippen LogP contribution < -0.4 is 5.32 Å². The van der Waals surface area contributed by atoms with Gasteiger partial charge in [-0.05, 0) is 46.8 Å². The number of aryl methyl sites for hydroxylation is 1. The van der Waals surface area contributed by atoms with Crippen molar-refractivity contribution in [3.05, 3.63) is 17.0 Å². The number of nitrogens with one attached hydrogen (secondary N) is 1. The smallest absolute Gasteiger partial charge is 0.0661 e. The van der Waals surface area contributed by atoms with Gasteiger partial charge in [-0.25, -0.2) is 0 Å². The molecule has 0 radical (unpaired) electrons. The average Bonchev–Trinajstić information content (AvgIpc) is 3.01. The molecule has 2 fully saturated rings. The number of hydrogen-bond donors (Lipinski definition) is 1. The third kappa shape index (κ3) is 1.97. The van der Waals surface area contributed by atoms with E-state index in [-0.39, 0.29) is 0 Å². The van der Waals surface area contributed by atoms with Crippen molar-refractivity contribution in [1.29, 1.82) is 0 Å². The van der Waals surface area contributed by atoms with Crippen molar-refractivity contribution in [1.82, 2.24) is 20.0 Å². The van der Waals surface area contributed by atoms with Crippen LogP contribution in [-0.2, 0) is 0 Å². The Morgan fingerprint density at radius 1 is 1.28 bits per heavy atom. The van der Waals surface area contributed by atoms with Crippen LogP contribution in [0, 0.1) is 13.8 Å². The average molecular weight is 248 g/mol. The maximum absolute atomic E-state index is 4.83. The Balaban J connectivity index is 1.90. The van der Waals surface area contributed by atoms with Crippen molar-refractivity contribution in [2.45, 2.75) is 38.6 Å². The van der Waals surface area contributed by atoms with E-state index in [1.54, 1.807) is 0 Å². The Kier molecular flexibility index (Phi) is 3.16. The van der Waals surface area contributed by atoms with Gasteiger partial charge in [-0.1, -0.05) is 0 Å². The zero-order chi connectivity index (χ0) is 12.7. The highest BCUT2D eigenvalue weighted by atomic mass is 15.3. The van der Waals surface area contributed by atoms with Gasteiger partial charge in [0.15, 0.2) is 0 Å². The van der Waals surface area contributed by atoms with Gasteiger partial charge in [0.05, 0.1) is 11.7 Å². The van der Waals surface area contributed by atoms with Crippen molar-refractivity contribution in [3.63, 3.8) is 0 Å². The molecule has 0 bridgehead atoms. The summed E-state index contributed by atoms with van der Waals surface area (Å²) < 4.78 is 2.30. The van der Waals surface area contributed by atoms with Crippen LogP contribution in [0.1, 0.15) is 41.8 Å². The summed E-state index contributed by atoms with van der Waals surface area (Å²) in [6, 6.07) is 0.580. The van der Waals surface area contributed by atoms with Crippen molar-refractivity contribution in [2.75, 3.05) is 33.2 Å². The standard InChI is InChI=1S/C14H24N4/c1-10-14(12-4-6-15-8-12)11(2)18(16-10)13-5-7-17(3)9-13/h12-13,15H,4-9H2,1-3H3. The first kappa shape index (κ1) is 12.2. The molecule has 0 saturated carbocycles. The minimum Gasteiger partial charge on any atom is -0.316 e. The normalized spacial score (nSPS) is 29.3. The Bertz CT molecular complexity index is 431. The summed E-state index contributed by atoms with van der Waals surface area (Å²) in [7, 11) is 2.20. The van der Waals surface area contributed by atoms with Gasteiger partial charge in [-0.2, -0.15) is 5.10 Å². The minimum absolute atomic E-state index is 0.580. The molecule has 4 nitrogen and oxygen atoms in total. The van der Waals surface area contributed by atoms with Gasteiger partial charge < -0.3 is 10.2 Å². The number of likely N-dealkylation sites (tertiary alicyclic amines) is 1.